The van der Waals surface area contributed by atoms with Crippen LogP contribution < -0.4 is 16.6 Å². The fourth-order valence-electron chi connectivity index (χ4n) is 5.51. The number of fused-ring (bicyclic) bond motifs is 2. The number of amides is 1. The number of allylic oxidation sites excluding steroid dienone is 1. The molecule has 0 aliphatic heterocycles. The number of aromatic nitrogens is 5. The van der Waals surface area contributed by atoms with Gasteiger partial charge in [-0.05, 0) is 48.6 Å². The lowest BCUT2D eigenvalue weighted by atomic mass is 10.0. The molecule has 0 unspecified atom stereocenters. The molecule has 1 amide bonds. The monoisotopic (exact) mass is 533 g/mol. The standard InChI is InChI=1S/C31H31N7O2/c1-20(19-34-30(39)26-27(32)36-37-18-8-17-33-29(26)37)28-35-24-14-7-11-22(16-15-21-9-5-6-10-21)25(24)31(40)38(28)23-12-3-2-4-13-23/h2-4,7-8,11-18,20-21H,5-6,9-10,19H2,1H3,(H2,32,36)(H,34,39)/b16-15+/t20-/m0/s1. The van der Waals surface area contributed by atoms with Crippen molar-refractivity contribution in [1.29, 1.82) is 0 Å². The van der Waals surface area contributed by atoms with Gasteiger partial charge < -0.3 is 11.1 Å². The van der Waals surface area contributed by atoms with Crippen LogP contribution in [0.15, 0.2) is 77.9 Å². The number of carbonyl (C=O) groups excluding carboxylic acids is 1. The summed E-state index contributed by atoms with van der Waals surface area (Å²) in [7, 11) is 0. The first-order valence-corrected chi connectivity index (χ1v) is 13.7. The predicted octanol–water partition coefficient (Wildman–Crippen LogP) is 4.75. The molecular formula is C31H31N7O2. The molecule has 5 aromatic rings. The molecule has 0 saturated heterocycles. The van der Waals surface area contributed by atoms with Crippen molar-refractivity contribution < 1.29 is 4.79 Å². The van der Waals surface area contributed by atoms with E-state index in [9.17, 15) is 9.59 Å². The summed E-state index contributed by atoms with van der Waals surface area (Å²) in [5.74, 6) is 0.542. The summed E-state index contributed by atoms with van der Waals surface area (Å²) < 4.78 is 3.14. The number of nitrogens with zero attached hydrogens (tertiary/aromatic N) is 5. The maximum Gasteiger partial charge on any atom is 0.266 e. The first-order valence-electron chi connectivity index (χ1n) is 13.7. The van der Waals surface area contributed by atoms with E-state index in [-0.39, 0.29) is 35.3 Å². The van der Waals surface area contributed by atoms with Crippen molar-refractivity contribution >= 4 is 34.4 Å². The van der Waals surface area contributed by atoms with Gasteiger partial charge in [0.05, 0.1) is 16.6 Å². The number of hydrogen-bond donors (Lipinski definition) is 2. The van der Waals surface area contributed by atoms with E-state index in [0.29, 0.717) is 28.3 Å². The highest BCUT2D eigenvalue weighted by molar-refractivity contribution is 6.04. The van der Waals surface area contributed by atoms with Crippen molar-refractivity contribution in [3.63, 3.8) is 0 Å². The van der Waals surface area contributed by atoms with Crippen molar-refractivity contribution in [3.8, 4) is 5.69 Å². The third-order valence-corrected chi connectivity index (χ3v) is 7.58. The van der Waals surface area contributed by atoms with Gasteiger partial charge in [-0.3, -0.25) is 14.2 Å². The number of hydrogen-bond acceptors (Lipinski definition) is 6. The minimum atomic E-state index is -0.383. The Bertz CT molecular complexity index is 1780. The van der Waals surface area contributed by atoms with E-state index in [1.807, 2.05) is 55.5 Å². The Hall–Kier alpha value is -4.79. The average Bonchev–Trinajstić information content (AvgIpc) is 3.61. The summed E-state index contributed by atoms with van der Waals surface area (Å²) in [6.45, 7) is 2.17. The van der Waals surface area contributed by atoms with Crippen LogP contribution in [0.1, 0.15) is 60.3 Å². The van der Waals surface area contributed by atoms with Gasteiger partial charge in [-0.15, -0.1) is 5.10 Å². The number of rotatable bonds is 7. The number of nitrogen functional groups attached to an aromatic ring is 1. The first-order chi connectivity index (χ1) is 19.5. The average molecular weight is 534 g/mol. The van der Waals surface area contributed by atoms with Crippen molar-refractivity contribution in [2.45, 2.75) is 38.5 Å². The highest BCUT2D eigenvalue weighted by Gasteiger charge is 2.23. The van der Waals surface area contributed by atoms with E-state index >= 15 is 0 Å². The van der Waals surface area contributed by atoms with Gasteiger partial charge in [0.2, 0.25) is 0 Å². The van der Waals surface area contributed by atoms with Gasteiger partial charge in [-0.25, -0.2) is 14.5 Å². The number of nitrogens with two attached hydrogens (primary N) is 1. The lowest BCUT2D eigenvalue weighted by Gasteiger charge is -2.19. The number of anilines is 1. The Morgan fingerprint density at radius 2 is 1.93 bits per heavy atom. The molecule has 0 bridgehead atoms. The van der Waals surface area contributed by atoms with E-state index < -0.39 is 0 Å². The molecule has 9 nitrogen and oxygen atoms in total. The van der Waals surface area contributed by atoms with Gasteiger partial charge in [0.25, 0.3) is 11.5 Å². The van der Waals surface area contributed by atoms with Crippen molar-refractivity contribution in [2.75, 3.05) is 12.3 Å². The molecule has 3 N–H and O–H groups in total. The fourth-order valence-corrected chi connectivity index (χ4v) is 5.51. The second-order valence-electron chi connectivity index (χ2n) is 10.4. The van der Waals surface area contributed by atoms with E-state index in [0.717, 1.165) is 11.3 Å². The van der Waals surface area contributed by atoms with Crippen LogP contribution in [0.2, 0.25) is 0 Å². The lowest BCUT2D eigenvalue weighted by Crippen LogP contribution is -2.32. The predicted molar refractivity (Wildman–Crippen MR) is 156 cm³/mol. The van der Waals surface area contributed by atoms with Gasteiger partial charge in [0.15, 0.2) is 11.5 Å². The summed E-state index contributed by atoms with van der Waals surface area (Å²) in [6, 6.07) is 17.0. The van der Waals surface area contributed by atoms with Crippen LogP contribution in [0.3, 0.4) is 0 Å². The molecule has 40 heavy (non-hydrogen) atoms. The molecule has 6 rings (SSSR count). The molecule has 0 spiro atoms. The van der Waals surface area contributed by atoms with Crippen LogP contribution in [0.25, 0.3) is 28.3 Å². The third kappa shape index (κ3) is 4.75. The zero-order chi connectivity index (χ0) is 27.6. The van der Waals surface area contributed by atoms with E-state index in [1.165, 1.54) is 30.2 Å². The van der Waals surface area contributed by atoms with Crippen LogP contribution >= 0.6 is 0 Å². The summed E-state index contributed by atoms with van der Waals surface area (Å²) in [4.78, 5) is 36.5. The van der Waals surface area contributed by atoms with Crippen LogP contribution in [-0.2, 0) is 0 Å². The Morgan fingerprint density at radius 3 is 2.73 bits per heavy atom. The molecule has 0 radical (unpaired) electrons. The number of benzene rings is 2. The van der Waals surface area contributed by atoms with Gasteiger partial charge in [-0.2, -0.15) is 0 Å². The summed E-state index contributed by atoms with van der Waals surface area (Å²) in [5.41, 5.74) is 8.74. The number of carbonyl (C=O) groups is 1. The zero-order valence-electron chi connectivity index (χ0n) is 22.3. The summed E-state index contributed by atoms with van der Waals surface area (Å²) in [6.07, 6.45) is 12.5. The first kappa shape index (κ1) is 25.5. The largest absolute Gasteiger partial charge is 0.381 e. The van der Waals surface area contributed by atoms with Crippen LogP contribution in [0.4, 0.5) is 5.82 Å². The van der Waals surface area contributed by atoms with Gasteiger partial charge >= 0.3 is 0 Å². The summed E-state index contributed by atoms with van der Waals surface area (Å²) in [5, 5.41) is 7.71. The molecular weight excluding hydrogens is 502 g/mol. The van der Waals surface area contributed by atoms with Crippen LogP contribution in [0, 0.1) is 5.92 Å². The van der Waals surface area contributed by atoms with Gasteiger partial charge in [-0.1, -0.05) is 62.2 Å². The quantitative estimate of drug-likeness (QED) is 0.312. The topological polar surface area (TPSA) is 120 Å². The molecule has 1 fully saturated rings. The van der Waals surface area contributed by atoms with Crippen LogP contribution in [0.5, 0.6) is 0 Å². The Kier molecular flexibility index (Phi) is 6.86. The molecule has 1 saturated carbocycles. The highest BCUT2D eigenvalue weighted by Crippen LogP contribution is 2.28. The molecule has 202 valence electrons. The molecule has 1 aliphatic rings. The molecule has 3 aromatic heterocycles. The normalized spacial score (nSPS) is 14.8. The Labute approximate surface area is 231 Å². The SMILES string of the molecule is C[C@@H](CNC(=O)c1c(N)nn2cccnc12)c1nc2cccc(/C=C/C3CCCC3)c2c(=O)n1-c1ccccc1. The summed E-state index contributed by atoms with van der Waals surface area (Å²) >= 11 is 0. The van der Waals surface area contributed by atoms with Crippen molar-refractivity contribution in [1.82, 2.24) is 29.5 Å². The molecule has 9 heteroatoms. The Morgan fingerprint density at radius 1 is 1.12 bits per heavy atom. The van der Waals surface area contributed by atoms with Gasteiger partial charge in [0, 0.05) is 24.9 Å². The maximum absolute atomic E-state index is 14.2. The Balaban J connectivity index is 1.37. The molecule has 1 aliphatic carbocycles. The second kappa shape index (κ2) is 10.8. The van der Waals surface area contributed by atoms with E-state index in [4.69, 9.17) is 10.7 Å². The van der Waals surface area contributed by atoms with Gasteiger partial charge in [0.1, 0.15) is 11.4 Å². The molecule has 1 atom stereocenters. The van der Waals surface area contributed by atoms with Crippen LogP contribution in [-0.4, -0.2) is 36.6 Å². The lowest BCUT2D eigenvalue weighted by molar-refractivity contribution is 0.0953. The van der Waals surface area contributed by atoms with Crippen molar-refractivity contribution in [3.05, 3.63) is 100 Å². The molecule has 2 aromatic carbocycles. The zero-order valence-corrected chi connectivity index (χ0v) is 22.3. The smallest absolute Gasteiger partial charge is 0.266 e. The maximum atomic E-state index is 14.2. The minimum Gasteiger partial charge on any atom is -0.381 e. The van der Waals surface area contributed by atoms with E-state index in [2.05, 4.69) is 27.6 Å². The third-order valence-electron chi connectivity index (χ3n) is 7.58. The number of para-hydroxylation sites is 1. The number of nitrogens with one attached hydrogen (secondary N) is 1. The van der Waals surface area contributed by atoms with Crippen molar-refractivity contribution in [2.24, 2.45) is 5.92 Å². The highest BCUT2D eigenvalue weighted by atomic mass is 16.1. The fraction of sp³-hybridized carbons (Fsp3) is 0.258. The minimum absolute atomic E-state index is 0.104. The second-order valence-corrected chi connectivity index (χ2v) is 10.4. The van der Waals surface area contributed by atoms with E-state index in [1.54, 1.807) is 23.0 Å². The molecule has 3 heterocycles.